The van der Waals surface area contributed by atoms with Gasteiger partial charge >= 0.3 is 0 Å². The molecule has 1 aliphatic rings. The standard InChI is InChI=1S/C16H16O2/c17-16-8-4-7-13(15(16)10-14-11-18-14)9-12-5-2-1-3-6-12/h1-8,14,17H,9-11H2. The largest absolute Gasteiger partial charge is 0.508 e. The van der Waals surface area contributed by atoms with Gasteiger partial charge < -0.3 is 9.84 Å². The zero-order valence-electron chi connectivity index (χ0n) is 10.2. The molecule has 0 amide bonds. The summed E-state index contributed by atoms with van der Waals surface area (Å²) in [5.41, 5.74) is 3.49. The zero-order chi connectivity index (χ0) is 12.4. The van der Waals surface area contributed by atoms with Crippen LogP contribution in [0.3, 0.4) is 0 Å². The number of rotatable bonds is 4. The lowest BCUT2D eigenvalue weighted by Crippen LogP contribution is -2.00. The predicted molar refractivity (Wildman–Crippen MR) is 70.8 cm³/mol. The molecule has 2 aromatic carbocycles. The molecule has 1 atom stereocenters. The fourth-order valence-electron chi connectivity index (χ4n) is 2.25. The van der Waals surface area contributed by atoms with Crippen LogP contribution in [0, 0.1) is 0 Å². The van der Waals surface area contributed by atoms with E-state index in [1.54, 1.807) is 6.07 Å². The molecule has 0 bridgehead atoms. The monoisotopic (exact) mass is 240 g/mol. The summed E-state index contributed by atoms with van der Waals surface area (Å²) in [6.45, 7) is 0.819. The van der Waals surface area contributed by atoms with Crippen molar-refractivity contribution >= 4 is 0 Å². The van der Waals surface area contributed by atoms with Crippen LogP contribution in [0.4, 0.5) is 0 Å². The van der Waals surface area contributed by atoms with Crippen molar-refractivity contribution in [3.63, 3.8) is 0 Å². The molecule has 2 aromatic rings. The van der Waals surface area contributed by atoms with Crippen LogP contribution in [-0.2, 0) is 17.6 Å². The number of benzene rings is 2. The Morgan fingerprint density at radius 3 is 2.56 bits per heavy atom. The number of phenolic OH excluding ortho intramolecular Hbond substituents is 1. The van der Waals surface area contributed by atoms with E-state index in [4.69, 9.17) is 4.74 Å². The van der Waals surface area contributed by atoms with Crippen LogP contribution in [0.25, 0.3) is 0 Å². The number of hydrogen-bond donors (Lipinski definition) is 1. The highest BCUT2D eigenvalue weighted by Gasteiger charge is 2.25. The molecule has 1 aliphatic heterocycles. The molecule has 0 spiro atoms. The molecule has 0 radical (unpaired) electrons. The zero-order valence-corrected chi connectivity index (χ0v) is 10.2. The van der Waals surface area contributed by atoms with E-state index in [9.17, 15) is 5.11 Å². The van der Waals surface area contributed by atoms with Gasteiger partial charge in [0.1, 0.15) is 5.75 Å². The summed E-state index contributed by atoms with van der Waals surface area (Å²) < 4.78 is 5.26. The van der Waals surface area contributed by atoms with Gasteiger partial charge in [-0.2, -0.15) is 0 Å². The van der Waals surface area contributed by atoms with Crippen LogP contribution >= 0.6 is 0 Å². The van der Waals surface area contributed by atoms with Crippen LogP contribution in [-0.4, -0.2) is 17.8 Å². The summed E-state index contributed by atoms with van der Waals surface area (Å²) >= 11 is 0. The normalized spacial score (nSPS) is 17.7. The number of phenols is 1. The van der Waals surface area contributed by atoms with Crippen LogP contribution in [0.1, 0.15) is 16.7 Å². The van der Waals surface area contributed by atoms with Crippen LogP contribution in [0.15, 0.2) is 48.5 Å². The van der Waals surface area contributed by atoms with Gasteiger partial charge in [0.2, 0.25) is 0 Å². The second-order valence-corrected chi connectivity index (χ2v) is 4.74. The Morgan fingerprint density at radius 2 is 1.83 bits per heavy atom. The van der Waals surface area contributed by atoms with E-state index < -0.39 is 0 Å². The first-order valence-corrected chi connectivity index (χ1v) is 6.28. The van der Waals surface area contributed by atoms with E-state index >= 15 is 0 Å². The summed E-state index contributed by atoms with van der Waals surface area (Å²) in [6, 6.07) is 16.1. The van der Waals surface area contributed by atoms with Gasteiger partial charge in [0.05, 0.1) is 12.7 Å². The number of hydrogen-bond acceptors (Lipinski definition) is 2. The maximum Gasteiger partial charge on any atom is 0.119 e. The Balaban J connectivity index is 1.88. The summed E-state index contributed by atoms with van der Waals surface area (Å²) in [5, 5.41) is 9.99. The van der Waals surface area contributed by atoms with Crippen molar-refractivity contribution in [2.75, 3.05) is 6.61 Å². The van der Waals surface area contributed by atoms with Gasteiger partial charge in [-0.25, -0.2) is 0 Å². The maximum atomic E-state index is 9.99. The minimum absolute atomic E-state index is 0.299. The molecule has 1 fully saturated rings. The van der Waals surface area contributed by atoms with Gasteiger partial charge in [-0.05, 0) is 23.6 Å². The number of aromatic hydroxyl groups is 1. The highest BCUT2D eigenvalue weighted by atomic mass is 16.6. The third-order valence-corrected chi connectivity index (χ3v) is 3.32. The highest BCUT2D eigenvalue weighted by molar-refractivity contribution is 5.42. The Bertz CT molecular complexity index is 530. The van der Waals surface area contributed by atoms with Crippen molar-refractivity contribution in [1.29, 1.82) is 0 Å². The lowest BCUT2D eigenvalue weighted by Gasteiger charge is -2.10. The Hall–Kier alpha value is -1.80. The van der Waals surface area contributed by atoms with E-state index in [1.807, 2.05) is 24.3 Å². The third-order valence-electron chi connectivity index (χ3n) is 3.32. The Kier molecular flexibility index (Phi) is 3.03. The molecule has 3 rings (SSSR count). The van der Waals surface area contributed by atoms with E-state index in [0.717, 1.165) is 25.0 Å². The van der Waals surface area contributed by atoms with Crippen molar-refractivity contribution in [2.24, 2.45) is 0 Å². The molecule has 2 heteroatoms. The van der Waals surface area contributed by atoms with E-state index in [2.05, 4.69) is 18.2 Å². The molecule has 1 unspecified atom stereocenters. The summed E-state index contributed by atoms with van der Waals surface area (Å²) in [5.74, 6) is 0.388. The first-order chi connectivity index (χ1) is 8.83. The van der Waals surface area contributed by atoms with Gasteiger partial charge in [-0.3, -0.25) is 0 Å². The van der Waals surface area contributed by atoms with Crippen LogP contribution in [0.5, 0.6) is 5.75 Å². The van der Waals surface area contributed by atoms with Gasteiger partial charge in [0, 0.05) is 12.0 Å². The lowest BCUT2D eigenvalue weighted by molar-refractivity contribution is 0.401. The Labute approximate surface area is 107 Å². The van der Waals surface area contributed by atoms with Crippen molar-refractivity contribution < 1.29 is 9.84 Å². The average molecular weight is 240 g/mol. The van der Waals surface area contributed by atoms with Crippen LogP contribution in [0.2, 0.25) is 0 Å². The molecule has 92 valence electrons. The smallest absolute Gasteiger partial charge is 0.119 e. The van der Waals surface area contributed by atoms with Crippen molar-refractivity contribution in [3.05, 3.63) is 65.2 Å². The number of ether oxygens (including phenoxy) is 1. The molecular weight excluding hydrogens is 224 g/mol. The van der Waals surface area contributed by atoms with E-state index in [1.165, 1.54) is 11.1 Å². The van der Waals surface area contributed by atoms with Gasteiger partial charge in [0.15, 0.2) is 0 Å². The second kappa shape index (κ2) is 4.83. The molecule has 0 aromatic heterocycles. The maximum absolute atomic E-state index is 9.99. The van der Waals surface area contributed by atoms with Crippen LogP contribution < -0.4 is 0 Å². The van der Waals surface area contributed by atoms with Crippen molar-refractivity contribution in [2.45, 2.75) is 18.9 Å². The first-order valence-electron chi connectivity index (χ1n) is 6.28. The Morgan fingerprint density at radius 1 is 1.06 bits per heavy atom. The summed E-state index contributed by atoms with van der Waals surface area (Å²) in [4.78, 5) is 0. The van der Waals surface area contributed by atoms with Gasteiger partial charge in [-0.1, -0.05) is 42.5 Å². The van der Waals surface area contributed by atoms with Gasteiger partial charge in [0.25, 0.3) is 0 Å². The predicted octanol–water partition coefficient (Wildman–Crippen LogP) is 2.92. The van der Waals surface area contributed by atoms with Crippen molar-refractivity contribution in [3.8, 4) is 5.75 Å². The fraction of sp³-hybridized carbons (Fsp3) is 0.250. The molecule has 1 heterocycles. The molecule has 1 saturated heterocycles. The minimum Gasteiger partial charge on any atom is -0.508 e. The SMILES string of the molecule is Oc1cccc(Cc2ccccc2)c1CC1CO1. The fourth-order valence-corrected chi connectivity index (χ4v) is 2.25. The summed E-state index contributed by atoms with van der Waals surface area (Å²) in [7, 11) is 0. The highest BCUT2D eigenvalue weighted by Crippen LogP contribution is 2.28. The molecule has 18 heavy (non-hydrogen) atoms. The topological polar surface area (TPSA) is 32.8 Å². The molecular formula is C16H16O2. The molecule has 2 nitrogen and oxygen atoms in total. The first kappa shape index (κ1) is 11.3. The average Bonchev–Trinajstić information content (AvgIpc) is 3.19. The molecule has 1 N–H and O–H groups in total. The summed E-state index contributed by atoms with van der Waals surface area (Å²) in [6.07, 6.45) is 1.97. The lowest BCUT2D eigenvalue weighted by atomic mass is 9.96. The number of epoxide rings is 1. The quantitative estimate of drug-likeness (QED) is 0.833. The third kappa shape index (κ3) is 2.54. The van der Waals surface area contributed by atoms with E-state index in [-0.39, 0.29) is 0 Å². The molecule has 0 aliphatic carbocycles. The minimum atomic E-state index is 0.299. The van der Waals surface area contributed by atoms with E-state index in [0.29, 0.717) is 11.9 Å². The van der Waals surface area contributed by atoms with Crippen molar-refractivity contribution in [1.82, 2.24) is 0 Å². The van der Waals surface area contributed by atoms with Gasteiger partial charge in [-0.15, -0.1) is 0 Å². The second-order valence-electron chi connectivity index (χ2n) is 4.74. The molecule has 0 saturated carbocycles.